The second-order valence-corrected chi connectivity index (χ2v) is 3.99. The van der Waals surface area contributed by atoms with Gasteiger partial charge in [0.15, 0.2) is 0 Å². The number of hydrogen-bond donors (Lipinski definition) is 0. The number of pyridine rings is 1. The first-order valence-electron chi connectivity index (χ1n) is 4.46. The highest BCUT2D eigenvalue weighted by Crippen LogP contribution is 2.46. The summed E-state index contributed by atoms with van der Waals surface area (Å²) in [5.41, 5.74) is 0.125. The van der Waals surface area contributed by atoms with E-state index in [-0.39, 0.29) is 5.41 Å². The topological polar surface area (TPSA) is 12.9 Å². The number of nitrogens with zero attached hydrogens (tertiary/aromatic N) is 1. The Hall–Kier alpha value is -1.06. The number of halogens is 3. The lowest BCUT2D eigenvalue weighted by atomic mass is 10.0. The van der Waals surface area contributed by atoms with Gasteiger partial charge in [-0.1, -0.05) is 6.92 Å². The van der Waals surface area contributed by atoms with Gasteiger partial charge in [0.05, 0.1) is 5.56 Å². The first-order chi connectivity index (χ1) is 6.42. The van der Waals surface area contributed by atoms with E-state index in [1.165, 1.54) is 6.07 Å². The highest BCUT2D eigenvalue weighted by molar-refractivity contribution is 5.26. The van der Waals surface area contributed by atoms with Crippen molar-refractivity contribution in [3.8, 4) is 0 Å². The Morgan fingerprint density at radius 1 is 1.29 bits per heavy atom. The van der Waals surface area contributed by atoms with Gasteiger partial charge < -0.3 is 0 Å². The Balaban J connectivity index is 2.27. The van der Waals surface area contributed by atoms with Crippen LogP contribution in [0, 0.1) is 0 Å². The van der Waals surface area contributed by atoms with Gasteiger partial charge in [0.25, 0.3) is 0 Å². The van der Waals surface area contributed by atoms with Crippen molar-refractivity contribution in [2.75, 3.05) is 0 Å². The molecule has 0 N–H and O–H groups in total. The Morgan fingerprint density at radius 3 is 2.29 bits per heavy atom. The maximum Gasteiger partial charge on any atom is 0.417 e. The smallest absolute Gasteiger partial charge is 0.260 e. The van der Waals surface area contributed by atoms with Gasteiger partial charge in [0.1, 0.15) is 0 Å². The van der Waals surface area contributed by atoms with Crippen LogP contribution < -0.4 is 0 Å². The minimum absolute atomic E-state index is 0.0319. The van der Waals surface area contributed by atoms with Gasteiger partial charge in [0, 0.05) is 17.3 Å². The van der Waals surface area contributed by atoms with Crippen LogP contribution in [-0.2, 0) is 11.6 Å². The largest absolute Gasteiger partial charge is 0.417 e. The molecule has 14 heavy (non-hydrogen) atoms. The van der Waals surface area contributed by atoms with Gasteiger partial charge in [-0.15, -0.1) is 0 Å². The molecule has 0 atom stereocenters. The molecule has 4 heteroatoms. The third-order valence-electron chi connectivity index (χ3n) is 2.71. The lowest BCUT2D eigenvalue weighted by Crippen LogP contribution is -2.08. The molecule has 76 valence electrons. The van der Waals surface area contributed by atoms with Crippen LogP contribution in [0.5, 0.6) is 0 Å². The summed E-state index contributed by atoms with van der Waals surface area (Å²) in [7, 11) is 0. The van der Waals surface area contributed by atoms with Crippen LogP contribution in [0.25, 0.3) is 0 Å². The Labute approximate surface area is 80.0 Å². The standard InChI is InChI=1S/C10H10F3N/c1-9(4-5-9)8-3-2-7(6-14-8)10(11,12)13/h2-3,6H,4-5H2,1H3. The predicted octanol–water partition coefficient (Wildman–Crippen LogP) is 3.15. The van der Waals surface area contributed by atoms with Crippen molar-refractivity contribution in [2.45, 2.75) is 31.4 Å². The zero-order valence-corrected chi connectivity index (χ0v) is 7.73. The fraction of sp³-hybridized carbons (Fsp3) is 0.500. The van der Waals surface area contributed by atoms with E-state index in [4.69, 9.17) is 0 Å². The van der Waals surface area contributed by atoms with Crippen molar-refractivity contribution in [3.63, 3.8) is 0 Å². The van der Waals surface area contributed by atoms with E-state index in [9.17, 15) is 13.2 Å². The number of hydrogen-bond acceptors (Lipinski definition) is 1. The van der Waals surface area contributed by atoms with E-state index < -0.39 is 11.7 Å². The molecule has 0 unspecified atom stereocenters. The maximum atomic E-state index is 12.2. The van der Waals surface area contributed by atoms with Crippen molar-refractivity contribution in [2.24, 2.45) is 0 Å². The van der Waals surface area contributed by atoms with Gasteiger partial charge >= 0.3 is 6.18 Å². The molecule has 1 aromatic rings. The second kappa shape index (κ2) is 2.72. The fourth-order valence-corrected chi connectivity index (χ4v) is 1.36. The molecule has 0 radical (unpaired) electrons. The maximum absolute atomic E-state index is 12.2. The summed E-state index contributed by atoms with van der Waals surface area (Å²) >= 11 is 0. The van der Waals surface area contributed by atoms with Crippen LogP contribution in [0.2, 0.25) is 0 Å². The molecule has 2 rings (SSSR count). The van der Waals surface area contributed by atoms with Crippen LogP contribution in [0.1, 0.15) is 31.0 Å². The summed E-state index contributed by atoms with van der Waals surface area (Å²) in [6.45, 7) is 2.02. The number of alkyl halides is 3. The molecule has 0 amide bonds. The van der Waals surface area contributed by atoms with Gasteiger partial charge in [-0.2, -0.15) is 13.2 Å². The molecular formula is C10H10F3N. The summed E-state index contributed by atoms with van der Waals surface area (Å²) in [6, 6.07) is 2.59. The zero-order valence-electron chi connectivity index (χ0n) is 7.73. The first-order valence-corrected chi connectivity index (χ1v) is 4.46. The average molecular weight is 201 g/mol. The average Bonchev–Trinajstić information content (AvgIpc) is 2.84. The molecular weight excluding hydrogens is 191 g/mol. The van der Waals surface area contributed by atoms with Crippen molar-refractivity contribution >= 4 is 0 Å². The normalized spacial score (nSPS) is 19.4. The van der Waals surface area contributed by atoms with Crippen molar-refractivity contribution < 1.29 is 13.2 Å². The quantitative estimate of drug-likeness (QED) is 0.680. The van der Waals surface area contributed by atoms with Crippen LogP contribution in [0.15, 0.2) is 18.3 Å². The molecule has 1 aliphatic rings. The SMILES string of the molecule is CC1(c2ccc(C(F)(F)F)cn2)CC1. The van der Waals surface area contributed by atoms with E-state index in [2.05, 4.69) is 4.98 Å². The minimum Gasteiger partial charge on any atom is -0.260 e. The third-order valence-corrected chi connectivity index (χ3v) is 2.71. The number of rotatable bonds is 1. The van der Waals surface area contributed by atoms with Gasteiger partial charge in [-0.05, 0) is 25.0 Å². The van der Waals surface area contributed by atoms with E-state index in [1.807, 2.05) is 6.92 Å². The molecule has 1 aromatic heterocycles. The molecule has 1 aliphatic carbocycles. The molecule has 0 aromatic carbocycles. The molecule has 1 heterocycles. The van der Waals surface area contributed by atoms with Crippen molar-refractivity contribution in [1.82, 2.24) is 4.98 Å². The van der Waals surface area contributed by atoms with E-state index in [0.29, 0.717) is 0 Å². The molecule has 1 saturated carbocycles. The summed E-state index contributed by atoms with van der Waals surface area (Å²) in [6.07, 6.45) is -1.33. The van der Waals surface area contributed by atoms with Crippen molar-refractivity contribution in [1.29, 1.82) is 0 Å². The Kier molecular flexibility index (Phi) is 1.84. The monoisotopic (exact) mass is 201 g/mol. The molecule has 0 bridgehead atoms. The van der Waals surface area contributed by atoms with Gasteiger partial charge in [-0.3, -0.25) is 4.98 Å². The van der Waals surface area contributed by atoms with Crippen molar-refractivity contribution in [3.05, 3.63) is 29.6 Å². The second-order valence-electron chi connectivity index (χ2n) is 3.99. The Morgan fingerprint density at radius 2 is 1.93 bits per heavy atom. The van der Waals surface area contributed by atoms with Gasteiger partial charge in [0.2, 0.25) is 0 Å². The van der Waals surface area contributed by atoms with E-state index in [0.717, 1.165) is 30.8 Å². The highest BCUT2D eigenvalue weighted by Gasteiger charge is 2.41. The van der Waals surface area contributed by atoms with Crippen LogP contribution in [0.3, 0.4) is 0 Å². The highest BCUT2D eigenvalue weighted by atomic mass is 19.4. The third kappa shape index (κ3) is 1.61. The summed E-state index contributed by atoms with van der Waals surface area (Å²) in [5.74, 6) is 0. The number of aromatic nitrogens is 1. The lowest BCUT2D eigenvalue weighted by Gasteiger charge is -2.10. The van der Waals surface area contributed by atoms with E-state index >= 15 is 0 Å². The summed E-state index contributed by atoms with van der Waals surface area (Å²) in [5, 5.41) is 0. The molecule has 0 saturated heterocycles. The minimum atomic E-state index is -4.28. The van der Waals surface area contributed by atoms with E-state index in [1.54, 1.807) is 0 Å². The molecule has 0 aliphatic heterocycles. The van der Waals surface area contributed by atoms with Gasteiger partial charge in [-0.25, -0.2) is 0 Å². The lowest BCUT2D eigenvalue weighted by molar-refractivity contribution is -0.137. The fourth-order valence-electron chi connectivity index (χ4n) is 1.36. The zero-order chi connectivity index (χ0) is 10.4. The molecule has 1 fully saturated rings. The predicted molar refractivity (Wildman–Crippen MR) is 45.8 cm³/mol. The molecule has 1 nitrogen and oxygen atoms in total. The summed E-state index contributed by atoms with van der Waals surface area (Å²) in [4.78, 5) is 3.86. The summed E-state index contributed by atoms with van der Waals surface area (Å²) < 4.78 is 36.6. The Bertz CT molecular complexity index is 311. The first kappa shape index (κ1) is 9.49. The van der Waals surface area contributed by atoms with Crippen LogP contribution >= 0.6 is 0 Å². The van der Waals surface area contributed by atoms with Crippen LogP contribution in [0.4, 0.5) is 13.2 Å². The van der Waals surface area contributed by atoms with Crippen LogP contribution in [-0.4, -0.2) is 4.98 Å². The molecule has 0 spiro atoms.